The molecule has 0 aliphatic rings. The number of benzene rings is 1. The van der Waals surface area contributed by atoms with Crippen LogP contribution in [0.2, 0.25) is 0 Å². The summed E-state index contributed by atoms with van der Waals surface area (Å²) in [6.07, 6.45) is 4.94. The summed E-state index contributed by atoms with van der Waals surface area (Å²) in [5.74, 6) is 0.257. The fourth-order valence-corrected chi connectivity index (χ4v) is 2.16. The number of hydrogen-bond donors (Lipinski definition) is 1. The van der Waals surface area contributed by atoms with Gasteiger partial charge in [-0.2, -0.15) is 5.26 Å². The summed E-state index contributed by atoms with van der Waals surface area (Å²) in [7, 11) is 0. The molecule has 0 fully saturated rings. The number of hydrogen-bond acceptors (Lipinski definition) is 4. The summed E-state index contributed by atoms with van der Waals surface area (Å²) in [6.45, 7) is 1.91. The fourth-order valence-electron chi connectivity index (χ4n) is 2.16. The van der Waals surface area contributed by atoms with Crippen LogP contribution in [0, 0.1) is 18.3 Å². The van der Waals surface area contributed by atoms with Crippen molar-refractivity contribution in [2.45, 2.75) is 6.92 Å². The molecule has 22 heavy (non-hydrogen) atoms. The van der Waals surface area contributed by atoms with Crippen molar-refractivity contribution >= 4 is 22.6 Å². The summed E-state index contributed by atoms with van der Waals surface area (Å²) >= 11 is 0. The van der Waals surface area contributed by atoms with E-state index in [1.54, 1.807) is 36.7 Å². The molecule has 0 spiro atoms. The summed E-state index contributed by atoms with van der Waals surface area (Å²) in [6, 6.07) is 11.1. The van der Waals surface area contributed by atoms with Crippen molar-refractivity contribution < 1.29 is 0 Å². The number of rotatable bonds is 2. The Labute approximate surface area is 126 Å². The van der Waals surface area contributed by atoms with E-state index in [0.717, 1.165) is 11.1 Å². The van der Waals surface area contributed by atoms with Crippen LogP contribution >= 0.6 is 0 Å². The second-order valence-corrected chi connectivity index (χ2v) is 4.89. The highest BCUT2D eigenvalue weighted by Gasteiger charge is 2.08. The fraction of sp³-hybridized carbons (Fsp3) is 0.0588. The van der Waals surface area contributed by atoms with Crippen molar-refractivity contribution in [3.8, 4) is 6.07 Å². The van der Waals surface area contributed by atoms with Gasteiger partial charge >= 0.3 is 0 Å². The van der Waals surface area contributed by atoms with Gasteiger partial charge in [-0.3, -0.25) is 9.78 Å². The van der Waals surface area contributed by atoms with Gasteiger partial charge in [0.15, 0.2) is 5.82 Å². The van der Waals surface area contributed by atoms with E-state index in [1.165, 1.54) is 0 Å². The molecule has 1 aromatic carbocycles. The third kappa shape index (κ3) is 2.63. The van der Waals surface area contributed by atoms with Gasteiger partial charge in [-0.05, 0) is 36.8 Å². The first kappa shape index (κ1) is 13.7. The first-order chi connectivity index (χ1) is 10.7. The van der Waals surface area contributed by atoms with Crippen LogP contribution in [0.3, 0.4) is 0 Å². The van der Waals surface area contributed by atoms with Crippen molar-refractivity contribution in [1.29, 1.82) is 5.26 Å². The zero-order valence-electron chi connectivity index (χ0n) is 11.9. The molecule has 3 aromatic rings. The van der Waals surface area contributed by atoms with Crippen molar-refractivity contribution in [3.05, 3.63) is 70.0 Å². The summed E-state index contributed by atoms with van der Waals surface area (Å²) in [5, 5.41) is 9.86. The highest BCUT2D eigenvalue weighted by atomic mass is 16.1. The van der Waals surface area contributed by atoms with Crippen LogP contribution in [-0.4, -0.2) is 15.0 Å². The van der Waals surface area contributed by atoms with Crippen molar-refractivity contribution in [1.82, 2.24) is 15.0 Å². The number of pyridine rings is 1. The van der Waals surface area contributed by atoms with Crippen LogP contribution in [0.1, 0.15) is 17.0 Å². The van der Waals surface area contributed by atoms with Crippen LogP contribution in [0.15, 0.2) is 47.5 Å². The van der Waals surface area contributed by atoms with Gasteiger partial charge in [0.05, 0.1) is 16.5 Å². The molecular weight excluding hydrogens is 276 g/mol. The normalized spacial score (nSPS) is 11.4. The number of allylic oxidation sites excluding steroid dienone is 1. The molecule has 0 saturated carbocycles. The van der Waals surface area contributed by atoms with E-state index in [0.29, 0.717) is 10.9 Å². The molecule has 106 valence electrons. The molecule has 2 heterocycles. The number of aromatic nitrogens is 3. The van der Waals surface area contributed by atoms with E-state index in [4.69, 9.17) is 0 Å². The van der Waals surface area contributed by atoms with Crippen molar-refractivity contribution in [2.75, 3.05) is 0 Å². The first-order valence-corrected chi connectivity index (χ1v) is 6.70. The smallest absolute Gasteiger partial charge is 0.259 e. The van der Waals surface area contributed by atoms with E-state index < -0.39 is 0 Å². The monoisotopic (exact) mass is 288 g/mol. The van der Waals surface area contributed by atoms with Crippen LogP contribution in [0.25, 0.3) is 22.6 Å². The zero-order valence-corrected chi connectivity index (χ0v) is 11.9. The lowest BCUT2D eigenvalue weighted by Crippen LogP contribution is -2.11. The minimum absolute atomic E-state index is 0.254. The zero-order chi connectivity index (χ0) is 15.5. The molecule has 0 unspecified atom stereocenters. The van der Waals surface area contributed by atoms with E-state index in [1.807, 2.05) is 19.1 Å². The average Bonchev–Trinajstić information content (AvgIpc) is 2.54. The molecule has 3 rings (SSSR count). The van der Waals surface area contributed by atoms with Crippen LogP contribution < -0.4 is 5.56 Å². The SMILES string of the molecule is Cc1ccc2nc(C(C#N)=Cc3cccnc3)[nH]c(=O)c2c1. The minimum Gasteiger partial charge on any atom is -0.305 e. The second-order valence-electron chi connectivity index (χ2n) is 4.89. The number of nitrogens with one attached hydrogen (secondary N) is 1. The Balaban J connectivity index is 2.17. The number of nitriles is 1. The average molecular weight is 288 g/mol. The Morgan fingerprint density at radius 2 is 2.23 bits per heavy atom. The van der Waals surface area contributed by atoms with Crippen molar-refractivity contribution in [3.63, 3.8) is 0 Å². The Kier molecular flexibility index (Phi) is 3.50. The first-order valence-electron chi connectivity index (χ1n) is 6.70. The maximum atomic E-state index is 12.2. The molecule has 0 saturated heterocycles. The number of nitrogens with zero attached hydrogens (tertiary/aromatic N) is 3. The standard InChI is InChI=1S/C17H12N4O/c1-11-4-5-15-14(7-11)17(22)21-16(20-15)13(9-18)8-12-3-2-6-19-10-12/h2-8,10H,1H3,(H,20,21,22). The van der Waals surface area contributed by atoms with Crippen LogP contribution in [-0.2, 0) is 0 Å². The van der Waals surface area contributed by atoms with E-state index >= 15 is 0 Å². The van der Waals surface area contributed by atoms with Gasteiger partial charge in [0.25, 0.3) is 5.56 Å². The van der Waals surface area contributed by atoms with Gasteiger partial charge in [0, 0.05) is 12.4 Å². The quantitative estimate of drug-likeness (QED) is 0.735. The van der Waals surface area contributed by atoms with Gasteiger partial charge in [-0.25, -0.2) is 4.98 Å². The predicted octanol–water partition coefficient (Wildman–Crippen LogP) is 2.69. The molecule has 5 nitrogen and oxygen atoms in total. The number of H-pyrrole nitrogens is 1. The molecule has 1 N–H and O–H groups in total. The molecular formula is C17H12N4O. The third-order valence-electron chi connectivity index (χ3n) is 3.23. The van der Waals surface area contributed by atoms with Gasteiger partial charge in [0.1, 0.15) is 6.07 Å². The highest BCUT2D eigenvalue weighted by molar-refractivity contribution is 5.89. The maximum absolute atomic E-state index is 12.2. The van der Waals surface area contributed by atoms with Gasteiger partial charge < -0.3 is 4.98 Å². The molecule has 0 bridgehead atoms. The van der Waals surface area contributed by atoms with Crippen molar-refractivity contribution in [2.24, 2.45) is 0 Å². The second kappa shape index (κ2) is 5.62. The molecule has 2 aromatic heterocycles. The van der Waals surface area contributed by atoms with E-state index in [2.05, 4.69) is 21.0 Å². The molecule has 0 aliphatic heterocycles. The molecule has 0 atom stereocenters. The Hall–Kier alpha value is -3.26. The van der Waals surface area contributed by atoms with E-state index in [9.17, 15) is 10.1 Å². The Bertz CT molecular complexity index is 965. The lowest BCUT2D eigenvalue weighted by Gasteiger charge is -2.03. The number of fused-ring (bicyclic) bond motifs is 1. The van der Waals surface area contributed by atoms with Gasteiger partial charge in [-0.15, -0.1) is 0 Å². The minimum atomic E-state index is -0.254. The lowest BCUT2D eigenvalue weighted by molar-refractivity contribution is 1.13. The third-order valence-corrected chi connectivity index (χ3v) is 3.23. The largest absolute Gasteiger partial charge is 0.305 e. The van der Waals surface area contributed by atoms with Crippen LogP contribution in [0.5, 0.6) is 0 Å². The summed E-state index contributed by atoms with van der Waals surface area (Å²) in [4.78, 5) is 23.2. The maximum Gasteiger partial charge on any atom is 0.259 e. The highest BCUT2D eigenvalue weighted by Crippen LogP contribution is 2.16. The summed E-state index contributed by atoms with van der Waals surface area (Å²) < 4.78 is 0. The lowest BCUT2D eigenvalue weighted by atomic mass is 10.1. The Morgan fingerprint density at radius 1 is 1.36 bits per heavy atom. The topological polar surface area (TPSA) is 82.4 Å². The van der Waals surface area contributed by atoms with E-state index in [-0.39, 0.29) is 17.0 Å². The summed E-state index contributed by atoms with van der Waals surface area (Å²) in [5.41, 5.74) is 2.35. The Morgan fingerprint density at radius 3 is 2.95 bits per heavy atom. The van der Waals surface area contributed by atoms with Gasteiger partial charge in [-0.1, -0.05) is 17.7 Å². The molecule has 0 radical (unpaired) electrons. The van der Waals surface area contributed by atoms with Gasteiger partial charge in [0.2, 0.25) is 0 Å². The van der Waals surface area contributed by atoms with Crippen LogP contribution in [0.4, 0.5) is 0 Å². The molecule has 0 aliphatic carbocycles. The number of aromatic amines is 1. The molecule has 5 heteroatoms. The number of aryl methyl sites for hydroxylation is 1. The molecule has 0 amide bonds. The predicted molar refractivity (Wildman–Crippen MR) is 84.8 cm³/mol.